The molecule has 126 valence electrons. The Bertz CT molecular complexity index is 723. The second kappa shape index (κ2) is 7.14. The second-order valence-corrected chi connectivity index (χ2v) is 6.55. The molecule has 3 rings (SSSR count). The molecule has 0 bridgehead atoms. The molecule has 2 N–H and O–H groups in total. The Hall–Kier alpha value is -2.20. The Kier molecular flexibility index (Phi) is 4.95. The van der Waals surface area contributed by atoms with Gasteiger partial charge in [-0.15, -0.1) is 0 Å². The van der Waals surface area contributed by atoms with Crippen LogP contribution in [-0.4, -0.2) is 23.9 Å². The van der Waals surface area contributed by atoms with E-state index in [1.54, 1.807) is 6.07 Å². The fraction of sp³-hybridized carbons (Fsp3) is 0.350. The molecule has 1 heterocycles. The maximum atomic E-state index is 14.0. The van der Waals surface area contributed by atoms with Crippen LogP contribution < -0.4 is 5.73 Å². The molecular weight excluding hydrogens is 303 g/mol. The minimum absolute atomic E-state index is 0.138. The number of primary amides is 1. The van der Waals surface area contributed by atoms with E-state index in [0.29, 0.717) is 0 Å². The van der Waals surface area contributed by atoms with Gasteiger partial charge in [-0.25, -0.2) is 4.39 Å². The number of hydrogen-bond acceptors (Lipinski definition) is 2. The van der Waals surface area contributed by atoms with Crippen LogP contribution in [0.3, 0.4) is 0 Å². The van der Waals surface area contributed by atoms with Crippen molar-refractivity contribution in [2.24, 2.45) is 5.73 Å². The van der Waals surface area contributed by atoms with E-state index in [2.05, 4.69) is 4.90 Å². The van der Waals surface area contributed by atoms with Gasteiger partial charge in [-0.3, -0.25) is 9.69 Å². The lowest BCUT2D eigenvalue weighted by Crippen LogP contribution is -2.42. The van der Waals surface area contributed by atoms with Gasteiger partial charge in [-0.1, -0.05) is 48.0 Å². The molecule has 1 atom stereocenters. The van der Waals surface area contributed by atoms with E-state index >= 15 is 0 Å². The monoisotopic (exact) mass is 326 g/mol. The lowest BCUT2D eigenvalue weighted by Gasteiger charge is -2.36. The molecule has 2 aromatic carbocycles. The predicted octanol–water partition coefficient (Wildman–Crippen LogP) is 3.54. The zero-order valence-corrected chi connectivity index (χ0v) is 13.9. The number of rotatable bonds is 4. The number of nitrogens with two attached hydrogens (primary N) is 1. The van der Waals surface area contributed by atoms with Crippen molar-refractivity contribution in [3.63, 3.8) is 0 Å². The van der Waals surface area contributed by atoms with Gasteiger partial charge in [0.25, 0.3) is 0 Å². The van der Waals surface area contributed by atoms with Crippen molar-refractivity contribution in [3.05, 3.63) is 71.0 Å². The van der Waals surface area contributed by atoms with Gasteiger partial charge in [0.05, 0.1) is 0 Å². The van der Waals surface area contributed by atoms with E-state index in [0.717, 1.165) is 42.6 Å². The number of carbonyl (C=O) groups excluding carboxylic acids is 1. The fourth-order valence-electron chi connectivity index (χ4n) is 3.67. The molecule has 0 aromatic heterocycles. The van der Waals surface area contributed by atoms with Crippen molar-refractivity contribution in [1.29, 1.82) is 0 Å². The van der Waals surface area contributed by atoms with Gasteiger partial charge in [-0.05, 0) is 56.0 Å². The summed E-state index contributed by atoms with van der Waals surface area (Å²) in [7, 11) is 0. The normalized spacial score (nSPS) is 17.6. The van der Waals surface area contributed by atoms with Gasteiger partial charge in [0.1, 0.15) is 11.9 Å². The average molecular weight is 326 g/mol. The summed E-state index contributed by atoms with van der Waals surface area (Å²) < 4.78 is 14.0. The summed E-state index contributed by atoms with van der Waals surface area (Å²) in [6.45, 7) is 3.48. The van der Waals surface area contributed by atoms with Gasteiger partial charge in [0, 0.05) is 0 Å². The number of nitrogens with zero attached hydrogens (tertiary/aromatic N) is 1. The number of amides is 1. The highest BCUT2D eigenvalue weighted by Gasteiger charge is 2.30. The second-order valence-electron chi connectivity index (χ2n) is 6.55. The molecule has 1 saturated heterocycles. The maximum Gasteiger partial charge on any atom is 0.239 e. The minimum Gasteiger partial charge on any atom is -0.368 e. The van der Waals surface area contributed by atoms with Gasteiger partial charge < -0.3 is 5.73 Å². The summed E-state index contributed by atoms with van der Waals surface area (Å²) >= 11 is 0. The number of likely N-dealkylation sites (tertiary alicyclic amines) is 1. The molecular formula is C20H23FN2O. The molecule has 0 aliphatic carbocycles. The minimum atomic E-state index is -0.411. The van der Waals surface area contributed by atoms with Crippen LogP contribution in [0.25, 0.3) is 0 Å². The van der Waals surface area contributed by atoms with Crippen LogP contribution >= 0.6 is 0 Å². The summed E-state index contributed by atoms with van der Waals surface area (Å²) in [4.78, 5) is 14.2. The number of halogens is 1. The highest BCUT2D eigenvalue weighted by atomic mass is 19.1. The van der Waals surface area contributed by atoms with E-state index in [4.69, 9.17) is 5.73 Å². The van der Waals surface area contributed by atoms with Gasteiger partial charge in [-0.2, -0.15) is 0 Å². The van der Waals surface area contributed by atoms with E-state index < -0.39 is 6.04 Å². The molecule has 1 aliphatic rings. The van der Waals surface area contributed by atoms with Gasteiger partial charge in [0.2, 0.25) is 5.91 Å². The zero-order valence-electron chi connectivity index (χ0n) is 13.9. The maximum absolute atomic E-state index is 14.0. The Morgan fingerprint density at radius 2 is 1.88 bits per heavy atom. The van der Waals surface area contributed by atoms with E-state index in [1.165, 1.54) is 6.07 Å². The Morgan fingerprint density at radius 3 is 2.50 bits per heavy atom. The predicted molar refractivity (Wildman–Crippen MR) is 93.1 cm³/mol. The number of carbonyl (C=O) groups is 1. The molecule has 3 nitrogen and oxygen atoms in total. The molecule has 1 amide bonds. The van der Waals surface area contributed by atoms with Crippen molar-refractivity contribution < 1.29 is 9.18 Å². The Labute approximate surface area is 142 Å². The smallest absolute Gasteiger partial charge is 0.239 e. The topological polar surface area (TPSA) is 46.3 Å². The first-order chi connectivity index (χ1) is 11.6. The lowest BCUT2D eigenvalue weighted by molar-refractivity contribution is -0.124. The molecule has 0 radical (unpaired) electrons. The molecule has 2 aromatic rings. The zero-order chi connectivity index (χ0) is 17.1. The van der Waals surface area contributed by atoms with Crippen LogP contribution in [0.2, 0.25) is 0 Å². The van der Waals surface area contributed by atoms with Gasteiger partial charge in [0.15, 0.2) is 0 Å². The number of piperidine rings is 1. The summed E-state index contributed by atoms with van der Waals surface area (Å²) in [6, 6.07) is 14.5. The molecule has 1 fully saturated rings. The number of hydrogen-bond donors (Lipinski definition) is 1. The highest BCUT2D eigenvalue weighted by Crippen LogP contribution is 2.33. The summed E-state index contributed by atoms with van der Waals surface area (Å²) in [6.07, 6.45) is 1.66. The first-order valence-electron chi connectivity index (χ1n) is 8.40. The lowest BCUT2D eigenvalue weighted by atomic mass is 9.88. The Morgan fingerprint density at radius 1 is 1.17 bits per heavy atom. The van der Waals surface area contributed by atoms with Crippen molar-refractivity contribution in [2.75, 3.05) is 13.1 Å². The standard InChI is InChI=1S/C20H23FN2O/c1-14-5-4-6-16(13-14)19(20(22)24)23-11-9-15(10-12-23)17-7-2-3-8-18(17)21/h2-8,13,15,19H,9-12H2,1H3,(H2,22,24). The van der Waals surface area contributed by atoms with Gasteiger partial charge >= 0.3 is 0 Å². The van der Waals surface area contributed by atoms with Crippen molar-refractivity contribution in [1.82, 2.24) is 4.90 Å². The van der Waals surface area contributed by atoms with Crippen LogP contribution in [-0.2, 0) is 4.79 Å². The third-order valence-electron chi connectivity index (χ3n) is 4.87. The first-order valence-corrected chi connectivity index (χ1v) is 8.40. The van der Waals surface area contributed by atoms with E-state index in [-0.39, 0.29) is 17.6 Å². The van der Waals surface area contributed by atoms with Crippen LogP contribution in [0.1, 0.15) is 41.5 Å². The molecule has 1 aliphatic heterocycles. The number of aryl methyl sites for hydroxylation is 1. The number of benzene rings is 2. The van der Waals surface area contributed by atoms with Crippen LogP contribution in [0.4, 0.5) is 4.39 Å². The first kappa shape index (κ1) is 16.7. The van der Waals surface area contributed by atoms with Crippen LogP contribution in [0, 0.1) is 12.7 Å². The largest absolute Gasteiger partial charge is 0.368 e. The quantitative estimate of drug-likeness (QED) is 0.934. The molecule has 0 spiro atoms. The third kappa shape index (κ3) is 3.49. The van der Waals surface area contributed by atoms with Crippen LogP contribution in [0.5, 0.6) is 0 Å². The SMILES string of the molecule is Cc1cccc(C(C(N)=O)N2CCC(c3ccccc3F)CC2)c1. The average Bonchev–Trinajstić information content (AvgIpc) is 2.56. The fourth-order valence-corrected chi connectivity index (χ4v) is 3.67. The van der Waals surface area contributed by atoms with E-state index in [9.17, 15) is 9.18 Å². The van der Waals surface area contributed by atoms with Crippen molar-refractivity contribution in [3.8, 4) is 0 Å². The summed E-state index contributed by atoms with van der Waals surface area (Å²) in [5.74, 6) is -0.264. The molecule has 24 heavy (non-hydrogen) atoms. The highest BCUT2D eigenvalue weighted by molar-refractivity contribution is 5.81. The van der Waals surface area contributed by atoms with Crippen molar-refractivity contribution >= 4 is 5.91 Å². The summed E-state index contributed by atoms with van der Waals surface area (Å²) in [5.41, 5.74) is 8.51. The summed E-state index contributed by atoms with van der Waals surface area (Å²) in [5, 5.41) is 0. The molecule has 1 unspecified atom stereocenters. The van der Waals surface area contributed by atoms with E-state index in [1.807, 2.05) is 43.3 Å². The third-order valence-corrected chi connectivity index (χ3v) is 4.87. The molecule has 0 saturated carbocycles. The molecule has 4 heteroatoms. The Balaban J connectivity index is 1.74. The van der Waals surface area contributed by atoms with Crippen LogP contribution in [0.15, 0.2) is 48.5 Å². The van der Waals surface area contributed by atoms with Crippen molar-refractivity contribution in [2.45, 2.75) is 31.7 Å².